The maximum absolute atomic E-state index is 12.8. The molecule has 0 aromatic carbocycles. The zero-order chi connectivity index (χ0) is 17.3. The number of rotatable bonds is 3. The zero-order valence-electron chi connectivity index (χ0n) is 14.4. The van der Waals surface area contributed by atoms with Crippen LogP contribution in [0.5, 0.6) is 0 Å². The molecule has 1 amide bonds. The van der Waals surface area contributed by atoms with Gasteiger partial charge in [0.15, 0.2) is 5.03 Å². The van der Waals surface area contributed by atoms with Gasteiger partial charge in [0.2, 0.25) is 5.91 Å². The van der Waals surface area contributed by atoms with Crippen LogP contribution in [0.15, 0.2) is 11.2 Å². The van der Waals surface area contributed by atoms with Crippen LogP contribution in [0.1, 0.15) is 37.9 Å². The summed E-state index contributed by atoms with van der Waals surface area (Å²) >= 11 is 0. The molecule has 1 aromatic rings. The van der Waals surface area contributed by atoms with Crippen molar-refractivity contribution in [2.45, 2.75) is 44.1 Å². The lowest BCUT2D eigenvalue weighted by Gasteiger charge is -2.24. The second-order valence-electron chi connectivity index (χ2n) is 6.80. The van der Waals surface area contributed by atoms with Crippen molar-refractivity contribution in [2.75, 3.05) is 26.2 Å². The third-order valence-corrected chi connectivity index (χ3v) is 6.93. The summed E-state index contributed by atoms with van der Waals surface area (Å²) in [5, 5.41) is 0.0954. The van der Waals surface area contributed by atoms with Gasteiger partial charge in [-0.15, -0.1) is 0 Å². The molecule has 1 saturated carbocycles. The first kappa shape index (κ1) is 17.4. The van der Waals surface area contributed by atoms with Gasteiger partial charge in [-0.1, -0.05) is 12.8 Å². The molecular formula is C16H26N4O3S. The Balaban J connectivity index is 1.69. The first-order valence-electron chi connectivity index (χ1n) is 8.68. The normalized spacial score (nSPS) is 21.2. The summed E-state index contributed by atoms with van der Waals surface area (Å²) in [4.78, 5) is 18.6. The molecule has 1 aliphatic carbocycles. The van der Waals surface area contributed by atoms with Crippen molar-refractivity contribution in [1.82, 2.24) is 18.8 Å². The summed E-state index contributed by atoms with van der Waals surface area (Å²) in [5.74, 6) is 1.02. The molecule has 134 valence electrons. The molecule has 2 heterocycles. The Bertz CT molecular complexity index is 687. The lowest BCUT2D eigenvalue weighted by Crippen LogP contribution is -2.39. The number of sulfonamides is 1. The maximum atomic E-state index is 12.8. The van der Waals surface area contributed by atoms with Crippen LogP contribution in [-0.4, -0.2) is 59.3 Å². The fourth-order valence-electron chi connectivity index (χ4n) is 3.57. The summed E-state index contributed by atoms with van der Waals surface area (Å²) in [6.45, 7) is 3.68. The minimum Gasteiger partial charge on any atom is -0.341 e. The SMILES string of the molecule is Cc1nc(S(=O)(=O)N2CCCN(C(=O)C3CCCC3)CC2)cn1C. The molecule has 2 aliphatic rings. The lowest BCUT2D eigenvalue weighted by atomic mass is 10.1. The van der Waals surface area contributed by atoms with Crippen molar-refractivity contribution < 1.29 is 13.2 Å². The lowest BCUT2D eigenvalue weighted by molar-refractivity contribution is -0.135. The van der Waals surface area contributed by atoms with Gasteiger partial charge in [-0.2, -0.15) is 4.31 Å². The standard InChI is InChI=1S/C16H26N4O3S/c1-13-17-15(12-18(13)2)24(22,23)20-9-5-8-19(10-11-20)16(21)14-6-3-4-7-14/h12,14H,3-11H2,1-2H3. The molecule has 1 aliphatic heterocycles. The van der Waals surface area contributed by atoms with Gasteiger partial charge in [0.25, 0.3) is 10.0 Å². The predicted octanol–water partition coefficient (Wildman–Crippen LogP) is 1.14. The van der Waals surface area contributed by atoms with Crippen molar-refractivity contribution in [3.8, 4) is 0 Å². The predicted molar refractivity (Wildman–Crippen MR) is 89.9 cm³/mol. The van der Waals surface area contributed by atoms with Crippen LogP contribution in [-0.2, 0) is 21.9 Å². The van der Waals surface area contributed by atoms with Gasteiger partial charge >= 0.3 is 0 Å². The highest BCUT2D eigenvalue weighted by atomic mass is 32.2. The third-order valence-electron chi connectivity index (χ3n) is 5.16. The molecule has 3 rings (SSSR count). The molecule has 7 nitrogen and oxygen atoms in total. The summed E-state index contributed by atoms with van der Waals surface area (Å²) in [6.07, 6.45) is 6.43. The van der Waals surface area contributed by atoms with E-state index in [1.54, 1.807) is 24.7 Å². The first-order chi connectivity index (χ1) is 11.4. The van der Waals surface area contributed by atoms with Gasteiger partial charge < -0.3 is 9.47 Å². The van der Waals surface area contributed by atoms with Crippen molar-refractivity contribution >= 4 is 15.9 Å². The van der Waals surface area contributed by atoms with Crippen molar-refractivity contribution in [1.29, 1.82) is 0 Å². The fraction of sp³-hybridized carbons (Fsp3) is 0.750. The summed E-state index contributed by atoms with van der Waals surface area (Å²) in [5.41, 5.74) is 0. The Hall–Kier alpha value is -1.41. The highest BCUT2D eigenvalue weighted by Crippen LogP contribution is 2.27. The second kappa shape index (κ2) is 6.84. The van der Waals surface area contributed by atoms with E-state index in [1.165, 1.54) is 4.31 Å². The molecule has 8 heteroatoms. The van der Waals surface area contributed by atoms with Crippen molar-refractivity contribution in [2.24, 2.45) is 13.0 Å². The highest BCUT2D eigenvalue weighted by molar-refractivity contribution is 7.89. The van der Waals surface area contributed by atoms with E-state index in [1.807, 2.05) is 4.90 Å². The van der Waals surface area contributed by atoms with E-state index in [2.05, 4.69) is 4.98 Å². The monoisotopic (exact) mass is 354 g/mol. The number of carbonyl (C=O) groups excluding carboxylic acids is 1. The minimum absolute atomic E-state index is 0.0954. The minimum atomic E-state index is -3.59. The Morgan fingerprint density at radius 1 is 1.12 bits per heavy atom. The summed E-state index contributed by atoms with van der Waals surface area (Å²) < 4.78 is 28.7. The first-order valence-corrected chi connectivity index (χ1v) is 10.1. The molecule has 0 spiro atoms. The van der Waals surface area contributed by atoms with E-state index in [-0.39, 0.29) is 16.9 Å². The molecule has 24 heavy (non-hydrogen) atoms. The van der Waals surface area contributed by atoms with E-state index in [0.29, 0.717) is 38.4 Å². The van der Waals surface area contributed by atoms with Crippen LogP contribution in [0.3, 0.4) is 0 Å². The van der Waals surface area contributed by atoms with Gasteiger partial charge in [0.1, 0.15) is 5.82 Å². The number of hydrogen-bond acceptors (Lipinski definition) is 4. The number of aromatic nitrogens is 2. The van der Waals surface area contributed by atoms with E-state index in [9.17, 15) is 13.2 Å². The summed E-state index contributed by atoms with van der Waals surface area (Å²) in [7, 11) is -1.81. The molecular weight excluding hydrogens is 328 g/mol. The number of hydrogen-bond donors (Lipinski definition) is 0. The van der Waals surface area contributed by atoms with Crippen LogP contribution in [0.4, 0.5) is 0 Å². The fourth-order valence-corrected chi connectivity index (χ4v) is 5.06. The molecule has 1 saturated heterocycles. The molecule has 0 atom stereocenters. The average molecular weight is 354 g/mol. The van der Waals surface area contributed by atoms with Crippen LogP contribution >= 0.6 is 0 Å². The third kappa shape index (κ3) is 3.35. The van der Waals surface area contributed by atoms with Crippen LogP contribution in [0, 0.1) is 12.8 Å². The Kier molecular flexibility index (Phi) is 4.96. The van der Waals surface area contributed by atoms with E-state index < -0.39 is 10.0 Å². The molecule has 0 unspecified atom stereocenters. The number of carbonyl (C=O) groups is 1. The van der Waals surface area contributed by atoms with E-state index >= 15 is 0 Å². The van der Waals surface area contributed by atoms with Gasteiger partial charge in [0.05, 0.1) is 0 Å². The summed E-state index contributed by atoms with van der Waals surface area (Å²) in [6, 6.07) is 0. The van der Waals surface area contributed by atoms with Crippen molar-refractivity contribution in [3.05, 3.63) is 12.0 Å². The molecule has 1 aromatic heterocycles. The molecule has 0 radical (unpaired) electrons. The molecule has 0 bridgehead atoms. The van der Waals surface area contributed by atoms with Crippen LogP contribution < -0.4 is 0 Å². The quantitative estimate of drug-likeness (QED) is 0.816. The highest BCUT2D eigenvalue weighted by Gasteiger charge is 2.32. The smallest absolute Gasteiger partial charge is 0.262 e. The number of aryl methyl sites for hydroxylation is 2. The Labute approximate surface area is 143 Å². The van der Waals surface area contributed by atoms with Crippen LogP contribution in [0.25, 0.3) is 0 Å². The van der Waals surface area contributed by atoms with E-state index in [0.717, 1.165) is 25.7 Å². The number of nitrogens with zero attached hydrogens (tertiary/aromatic N) is 4. The second-order valence-corrected chi connectivity index (χ2v) is 8.69. The number of imidazole rings is 1. The van der Waals surface area contributed by atoms with Gasteiger partial charge in [-0.3, -0.25) is 4.79 Å². The topological polar surface area (TPSA) is 75.5 Å². The number of amides is 1. The zero-order valence-corrected chi connectivity index (χ0v) is 15.3. The average Bonchev–Trinajstić information content (AvgIpc) is 3.11. The van der Waals surface area contributed by atoms with Crippen LogP contribution in [0.2, 0.25) is 0 Å². The Morgan fingerprint density at radius 3 is 2.46 bits per heavy atom. The maximum Gasteiger partial charge on any atom is 0.262 e. The van der Waals surface area contributed by atoms with Gasteiger partial charge in [-0.05, 0) is 26.2 Å². The van der Waals surface area contributed by atoms with Gasteiger partial charge in [-0.25, -0.2) is 13.4 Å². The van der Waals surface area contributed by atoms with Gasteiger partial charge in [0, 0.05) is 45.3 Å². The largest absolute Gasteiger partial charge is 0.341 e. The Morgan fingerprint density at radius 2 is 1.83 bits per heavy atom. The van der Waals surface area contributed by atoms with E-state index in [4.69, 9.17) is 0 Å². The molecule has 2 fully saturated rings. The molecule has 0 N–H and O–H groups in total. The van der Waals surface area contributed by atoms with Crippen molar-refractivity contribution in [3.63, 3.8) is 0 Å².